The summed E-state index contributed by atoms with van der Waals surface area (Å²) in [7, 11) is 0. The van der Waals surface area contributed by atoms with Crippen molar-refractivity contribution in [1.82, 2.24) is 0 Å². The Balaban J connectivity index is 1.99. The van der Waals surface area contributed by atoms with Gasteiger partial charge in [-0.05, 0) is 34.6 Å². The van der Waals surface area contributed by atoms with Crippen molar-refractivity contribution in [2.24, 2.45) is 4.99 Å². The van der Waals surface area contributed by atoms with Gasteiger partial charge < -0.3 is 4.42 Å². The molecule has 2 heteroatoms. The Kier molecular flexibility index (Phi) is 3.84. The summed E-state index contributed by atoms with van der Waals surface area (Å²) in [6, 6.07) is 17.0. The molecule has 4 rings (SSSR count). The summed E-state index contributed by atoms with van der Waals surface area (Å²) in [5.74, 6) is 1.73. The highest BCUT2D eigenvalue weighted by atomic mass is 16.3. The van der Waals surface area contributed by atoms with E-state index in [1.54, 1.807) is 6.26 Å². The molecule has 0 unspecified atom stereocenters. The van der Waals surface area contributed by atoms with E-state index in [1.807, 2.05) is 6.07 Å². The zero-order chi connectivity index (χ0) is 17.6. The van der Waals surface area contributed by atoms with Crippen LogP contribution in [0.4, 0.5) is 5.69 Å². The monoisotopic (exact) mass is 329 g/mol. The minimum Gasteiger partial charge on any atom is -0.462 e. The van der Waals surface area contributed by atoms with Crippen molar-refractivity contribution in [2.45, 2.75) is 39.5 Å². The van der Waals surface area contributed by atoms with Crippen LogP contribution in [0.5, 0.6) is 0 Å². The second kappa shape index (κ2) is 6.03. The highest BCUT2D eigenvalue weighted by Gasteiger charge is 2.28. The Morgan fingerprint density at radius 1 is 0.720 bits per heavy atom. The van der Waals surface area contributed by atoms with Gasteiger partial charge in [-0.25, -0.2) is 4.99 Å². The zero-order valence-electron chi connectivity index (χ0n) is 15.2. The van der Waals surface area contributed by atoms with Crippen molar-refractivity contribution in [3.63, 3.8) is 0 Å². The van der Waals surface area contributed by atoms with Crippen LogP contribution < -0.4 is 0 Å². The van der Waals surface area contributed by atoms with Crippen molar-refractivity contribution in [1.29, 1.82) is 0 Å². The van der Waals surface area contributed by atoms with Crippen LogP contribution in [0.15, 0.2) is 64.2 Å². The number of hydrogen-bond acceptors (Lipinski definition) is 2. The molecule has 0 N–H and O–H groups in total. The van der Waals surface area contributed by atoms with Crippen LogP contribution in [0.1, 0.15) is 62.0 Å². The second-order valence-corrected chi connectivity index (χ2v) is 7.26. The standard InChI is InChI=1S/C23H23NO/c1-14(2)16-10-7-11-17(15(3)4)21(16)24-22-19-9-6-5-8-18(19)20-12-13-25-23(20)22/h5-15H,1-4H3. The fourth-order valence-electron chi connectivity index (χ4n) is 3.62. The van der Waals surface area contributed by atoms with Gasteiger partial charge in [-0.1, -0.05) is 70.2 Å². The minimum atomic E-state index is 0.422. The van der Waals surface area contributed by atoms with Gasteiger partial charge in [0.2, 0.25) is 0 Å². The molecule has 3 aromatic rings. The molecule has 0 bridgehead atoms. The first-order chi connectivity index (χ1) is 12.1. The molecule has 1 heterocycles. The van der Waals surface area contributed by atoms with Gasteiger partial charge in [-0.15, -0.1) is 0 Å². The summed E-state index contributed by atoms with van der Waals surface area (Å²) in [6.45, 7) is 8.90. The van der Waals surface area contributed by atoms with Gasteiger partial charge in [0.25, 0.3) is 0 Å². The first kappa shape index (κ1) is 15.9. The normalized spacial score (nSPS) is 14.4. The highest BCUT2D eigenvalue weighted by Crippen LogP contribution is 2.41. The fourth-order valence-corrected chi connectivity index (χ4v) is 3.62. The van der Waals surface area contributed by atoms with Crippen LogP contribution in [0.3, 0.4) is 0 Å². The average Bonchev–Trinajstić information content (AvgIpc) is 3.17. The minimum absolute atomic E-state index is 0.422. The SMILES string of the molecule is CC(C)c1cccc(C(C)C)c1N=C1c2ccccc2-c2ccoc21. The molecule has 2 aromatic carbocycles. The van der Waals surface area contributed by atoms with E-state index in [9.17, 15) is 0 Å². The molecule has 1 aromatic heterocycles. The van der Waals surface area contributed by atoms with Gasteiger partial charge in [-0.3, -0.25) is 0 Å². The third-order valence-corrected chi connectivity index (χ3v) is 4.92. The maximum Gasteiger partial charge on any atom is 0.160 e. The number of furan rings is 1. The lowest BCUT2D eigenvalue weighted by Crippen LogP contribution is -2.01. The summed E-state index contributed by atoms with van der Waals surface area (Å²) in [6.07, 6.45) is 1.76. The van der Waals surface area contributed by atoms with E-state index >= 15 is 0 Å². The highest BCUT2D eigenvalue weighted by molar-refractivity contribution is 6.23. The Labute approximate surface area is 149 Å². The molecule has 126 valence electrons. The smallest absolute Gasteiger partial charge is 0.160 e. The van der Waals surface area contributed by atoms with Gasteiger partial charge in [0.15, 0.2) is 5.76 Å². The van der Waals surface area contributed by atoms with Gasteiger partial charge in [0.05, 0.1) is 12.0 Å². The summed E-state index contributed by atoms with van der Waals surface area (Å²) >= 11 is 0. The van der Waals surface area contributed by atoms with Crippen LogP contribution in [0.25, 0.3) is 11.1 Å². The van der Waals surface area contributed by atoms with Crippen LogP contribution in [0, 0.1) is 0 Å². The van der Waals surface area contributed by atoms with Gasteiger partial charge in [0.1, 0.15) is 5.71 Å². The zero-order valence-corrected chi connectivity index (χ0v) is 15.2. The first-order valence-electron chi connectivity index (χ1n) is 8.97. The lowest BCUT2D eigenvalue weighted by atomic mass is 9.92. The molecule has 0 aliphatic heterocycles. The number of rotatable bonds is 3. The van der Waals surface area contributed by atoms with Crippen LogP contribution in [-0.4, -0.2) is 5.71 Å². The lowest BCUT2D eigenvalue weighted by Gasteiger charge is -2.17. The topological polar surface area (TPSA) is 25.5 Å². The Bertz CT molecular complexity index is 933. The van der Waals surface area contributed by atoms with Crippen LogP contribution in [0.2, 0.25) is 0 Å². The lowest BCUT2D eigenvalue weighted by molar-refractivity contribution is 0.560. The molecule has 1 aliphatic rings. The van der Waals surface area contributed by atoms with Crippen molar-refractivity contribution >= 4 is 11.4 Å². The summed E-state index contributed by atoms with van der Waals surface area (Å²) in [4.78, 5) is 5.18. The van der Waals surface area contributed by atoms with E-state index in [2.05, 4.69) is 70.2 Å². The molecule has 0 fully saturated rings. The fraction of sp³-hybridized carbons (Fsp3) is 0.261. The molecular weight excluding hydrogens is 306 g/mol. The summed E-state index contributed by atoms with van der Waals surface area (Å²) < 4.78 is 5.81. The predicted molar refractivity (Wildman–Crippen MR) is 104 cm³/mol. The maximum absolute atomic E-state index is 5.81. The van der Waals surface area contributed by atoms with Crippen molar-refractivity contribution in [3.05, 3.63) is 77.2 Å². The third kappa shape index (κ3) is 2.53. The first-order valence-corrected chi connectivity index (χ1v) is 8.97. The van der Waals surface area contributed by atoms with Gasteiger partial charge in [0, 0.05) is 11.1 Å². The Hall–Kier alpha value is -2.61. The maximum atomic E-state index is 5.81. The predicted octanol–water partition coefficient (Wildman–Crippen LogP) is 6.68. The number of nitrogens with zero attached hydrogens (tertiary/aromatic N) is 1. The van der Waals surface area contributed by atoms with E-state index in [-0.39, 0.29) is 0 Å². The average molecular weight is 329 g/mol. The molecule has 0 atom stereocenters. The van der Waals surface area contributed by atoms with E-state index in [1.165, 1.54) is 16.7 Å². The van der Waals surface area contributed by atoms with Crippen molar-refractivity contribution in [3.8, 4) is 11.1 Å². The molecular formula is C23H23NO. The molecule has 0 radical (unpaired) electrons. The van der Waals surface area contributed by atoms with Gasteiger partial charge >= 0.3 is 0 Å². The van der Waals surface area contributed by atoms with E-state index in [0.717, 1.165) is 28.3 Å². The Morgan fingerprint density at radius 2 is 1.36 bits per heavy atom. The molecule has 0 saturated heterocycles. The van der Waals surface area contributed by atoms with E-state index in [0.29, 0.717) is 11.8 Å². The number of hydrogen-bond donors (Lipinski definition) is 0. The Morgan fingerprint density at radius 3 is 2.00 bits per heavy atom. The molecule has 0 saturated carbocycles. The summed E-state index contributed by atoms with van der Waals surface area (Å²) in [5.41, 5.74) is 8.13. The van der Waals surface area contributed by atoms with Crippen LogP contribution in [-0.2, 0) is 0 Å². The van der Waals surface area contributed by atoms with Gasteiger partial charge in [-0.2, -0.15) is 0 Å². The van der Waals surface area contributed by atoms with E-state index < -0.39 is 0 Å². The second-order valence-electron chi connectivity index (χ2n) is 7.26. The summed E-state index contributed by atoms with van der Waals surface area (Å²) in [5, 5.41) is 0. The molecule has 0 spiro atoms. The van der Waals surface area contributed by atoms with E-state index in [4.69, 9.17) is 9.41 Å². The molecule has 0 amide bonds. The van der Waals surface area contributed by atoms with Crippen LogP contribution >= 0.6 is 0 Å². The molecule has 25 heavy (non-hydrogen) atoms. The quantitative estimate of drug-likeness (QED) is 0.412. The van der Waals surface area contributed by atoms with Crippen molar-refractivity contribution in [2.75, 3.05) is 0 Å². The number of benzene rings is 2. The third-order valence-electron chi connectivity index (χ3n) is 4.92. The largest absolute Gasteiger partial charge is 0.462 e. The molecule has 1 aliphatic carbocycles. The number of fused-ring (bicyclic) bond motifs is 3. The van der Waals surface area contributed by atoms with Crippen molar-refractivity contribution < 1.29 is 4.42 Å². The number of para-hydroxylation sites is 1. The number of aliphatic imine (C=N–C) groups is 1. The molecule has 2 nitrogen and oxygen atoms in total.